The van der Waals surface area contributed by atoms with Gasteiger partial charge < -0.3 is 14.9 Å². The molecule has 35 heavy (non-hydrogen) atoms. The Hall–Kier alpha value is -4.10. The average molecular weight is 471 g/mol. The molecule has 0 bridgehead atoms. The van der Waals surface area contributed by atoms with Crippen LogP contribution in [0.4, 0.5) is 10.3 Å². The molecule has 6 nitrogen and oxygen atoms in total. The van der Waals surface area contributed by atoms with E-state index in [1.165, 1.54) is 35.4 Å². The van der Waals surface area contributed by atoms with Crippen molar-refractivity contribution in [3.05, 3.63) is 114 Å². The van der Waals surface area contributed by atoms with Gasteiger partial charge in [0, 0.05) is 32.4 Å². The normalized spacial score (nSPS) is 11.7. The van der Waals surface area contributed by atoms with Crippen LogP contribution in [-0.4, -0.2) is 46.5 Å². The molecule has 7 heteroatoms. The van der Waals surface area contributed by atoms with E-state index in [9.17, 15) is 14.3 Å². The molecular formula is C28H27FN4O2. The Kier molecular flexibility index (Phi) is 7.48. The first-order valence-corrected chi connectivity index (χ1v) is 11.3. The van der Waals surface area contributed by atoms with Crippen molar-refractivity contribution < 1.29 is 14.3 Å². The van der Waals surface area contributed by atoms with Gasteiger partial charge in [0.15, 0.2) is 0 Å². The number of nitrogens with zero attached hydrogens (tertiary/aromatic N) is 4. The van der Waals surface area contributed by atoms with Crippen LogP contribution in [0, 0.1) is 5.82 Å². The van der Waals surface area contributed by atoms with Gasteiger partial charge in [-0.05, 0) is 23.3 Å². The topological polar surface area (TPSA) is 69.6 Å². The molecule has 0 spiro atoms. The molecule has 1 aromatic heterocycles. The van der Waals surface area contributed by atoms with E-state index in [0.29, 0.717) is 29.3 Å². The number of benzene rings is 3. The van der Waals surface area contributed by atoms with Crippen molar-refractivity contribution in [2.24, 2.45) is 0 Å². The molecule has 3 aromatic carbocycles. The number of aromatic nitrogens is 2. The molecule has 1 amide bonds. The lowest BCUT2D eigenvalue weighted by atomic mass is 10.1. The average Bonchev–Trinajstić information content (AvgIpc) is 2.89. The van der Waals surface area contributed by atoms with Gasteiger partial charge >= 0.3 is 0 Å². The number of halogens is 1. The van der Waals surface area contributed by atoms with E-state index in [2.05, 4.69) is 4.98 Å². The van der Waals surface area contributed by atoms with Gasteiger partial charge in [0.1, 0.15) is 5.82 Å². The highest BCUT2D eigenvalue weighted by molar-refractivity contribution is 5.99. The minimum atomic E-state index is -0.957. The van der Waals surface area contributed by atoms with E-state index in [4.69, 9.17) is 4.98 Å². The van der Waals surface area contributed by atoms with Crippen molar-refractivity contribution in [3.63, 3.8) is 0 Å². The van der Waals surface area contributed by atoms with Gasteiger partial charge in [-0.15, -0.1) is 0 Å². The zero-order chi connectivity index (χ0) is 24.8. The first kappa shape index (κ1) is 24.0. The number of hydrogen-bond donors (Lipinski definition) is 1. The third kappa shape index (κ3) is 5.88. The molecule has 178 valence electrons. The van der Waals surface area contributed by atoms with Crippen molar-refractivity contribution >= 4 is 11.9 Å². The van der Waals surface area contributed by atoms with Gasteiger partial charge in [-0.2, -0.15) is 0 Å². The first-order valence-electron chi connectivity index (χ1n) is 11.3. The molecule has 1 N–H and O–H groups in total. The second-order valence-corrected chi connectivity index (χ2v) is 8.39. The number of aliphatic hydroxyl groups is 1. The fourth-order valence-electron chi connectivity index (χ4n) is 3.80. The second kappa shape index (κ2) is 10.9. The van der Waals surface area contributed by atoms with Crippen LogP contribution >= 0.6 is 0 Å². The Morgan fingerprint density at radius 1 is 0.943 bits per heavy atom. The molecule has 1 heterocycles. The fourth-order valence-corrected chi connectivity index (χ4v) is 3.80. The predicted octanol–water partition coefficient (Wildman–Crippen LogP) is 4.72. The summed E-state index contributed by atoms with van der Waals surface area (Å²) < 4.78 is 13.2. The van der Waals surface area contributed by atoms with Crippen LogP contribution in [0.5, 0.6) is 0 Å². The van der Waals surface area contributed by atoms with Gasteiger partial charge in [-0.3, -0.25) is 4.79 Å². The SMILES string of the molecule is CN(CC(O)c1ccc(F)cc1)C(=O)c1cnc(N(C)Cc2ccccc2)nc1-c1ccccc1. The summed E-state index contributed by atoms with van der Waals surface area (Å²) in [6, 6.07) is 25.1. The van der Waals surface area contributed by atoms with E-state index in [1.54, 1.807) is 7.05 Å². The third-order valence-corrected chi connectivity index (χ3v) is 5.71. The number of aliphatic hydroxyl groups excluding tert-OH is 1. The van der Waals surface area contributed by atoms with E-state index >= 15 is 0 Å². The van der Waals surface area contributed by atoms with Crippen molar-refractivity contribution in [3.8, 4) is 11.3 Å². The monoisotopic (exact) mass is 470 g/mol. The van der Waals surface area contributed by atoms with E-state index < -0.39 is 6.10 Å². The van der Waals surface area contributed by atoms with Crippen LogP contribution < -0.4 is 4.90 Å². The van der Waals surface area contributed by atoms with Crippen LogP contribution in [0.2, 0.25) is 0 Å². The maximum atomic E-state index is 13.4. The summed E-state index contributed by atoms with van der Waals surface area (Å²) >= 11 is 0. The summed E-state index contributed by atoms with van der Waals surface area (Å²) in [4.78, 5) is 26.0. The number of anilines is 1. The minimum absolute atomic E-state index is 0.0361. The number of carbonyl (C=O) groups excluding carboxylic acids is 1. The lowest BCUT2D eigenvalue weighted by Crippen LogP contribution is -2.32. The van der Waals surface area contributed by atoms with E-state index in [1.807, 2.05) is 72.6 Å². The quantitative estimate of drug-likeness (QED) is 0.403. The predicted molar refractivity (Wildman–Crippen MR) is 134 cm³/mol. The van der Waals surface area contributed by atoms with Crippen LogP contribution in [-0.2, 0) is 6.54 Å². The molecule has 0 fully saturated rings. The number of carbonyl (C=O) groups is 1. The summed E-state index contributed by atoms with van der Waals surface area (Å²) in [7, 11) is 3.52. The van der Waals surface area contributed by atoms with Gasteiger partial charge in [0.2, 0.25) is 5.95 Å². The van der Waals surface area contributed by atoms with Gasteiger partial charge in [-0.1, -0.05) is 72.8 Å². The zero-order valence-corrected chi connectivity index (χ0v) is 19.7. The van der Waals surface area contributed by atoms with Gasteiger partial charge in [0.25, 0.3) is 5.91 Å². The minimum Gasteiger partial charge on any atom is -0.387 e. The highest BCUT2D eigenvalue weighted by atomic mass is 19.1. The van der Waals surface area contributed by atoms with Crippen LogP contribution in [0.1, 0.15) is 27.6 Å². The number of amides is 1. The molecule has 4 aromatic rings. The molecule has 0 aliphatic heterocycles. The maximum Gasteiger partial charge on any atom is 0.257 e. The Bertz CT molecular complexity index is 1270. The zero-order valence-electron chi connectivity index (χ0n) is 19.7. The molecule has 0 aliphatic carbocycles. The van der Waals surface area contributed by atoms with E-state index in [-0.39, 0.29) is 18.3 Å². The summed E-state index contributed by atoms with van der Waals surface area (Å²) in [5.74, 6) is -0.201. The van der Waals surface area contributed by atoms with Crippen molar-refractivity contribution in [1.82, 2.24) is 14.9 Å². The lowest BCUT2D eigenvalue weighted by Gasteiger charge is -2.23. The number of hydrogen-bond acceptors (Lipinski definition) is 5. The standard InChI is InChI=1S/C28H27FN4O2/c1-32(19-25(34)21-13-15-23(29)16-14-21)27(35)24-17-30-28(31-26(24)22-11-7-4-8-12-22)33(2)18-20-9-5-3-6-10-20/h3-17,25,34H,18-19H2,1-2H3. The molecule has 0 saturated carbocycles. The van der Waals surface area contributed by atoms with Crippen molar-refractivity contribution in [2.45, 2.75) is 12.6 Å². The highest BCUT2D eigenvalue weighted by Crippen LogP contribution is 2.25. The number of likely N-dealkylation sites (N-methyl/N-ethyl adjacent to an activating group) is 1. The third-order valence-electron chi connectivity index (χ3n) is 5.71. The summed E-state index contributed by atoms with van der Waals surface area (Å²) in [5.41, 5.74) is 3.29. The van der Waals surface area contributed by atoms with Crippen LogP contribution in [0.15, 0.2) is 91.1 Å². The summed E-state index contributed by atoms with van der Waals surface area (Å²) in [6.07, 6.45) is 0.580. The largest absolute Gasteiger partial charge is 0.387 e. The molecular weight excluding hydrogens is 443 g/mol. The fraction of sp³-hybridized carbons (Fsp3) is 0.179. The van der Waals surface area contributed by atoms with Gasteiger partial charge in [0.05, 0.1) is 23.9 Å². The molecule has 1 unspecified atom stereocenters. The van der Waals surface area contributed by atoms with Crippen LogP contribution in [0.3, 0.4) is 0 Å². The molecule has 0 aliphatic rings. The van der Waals surface area contributed by atoms with Crippen LogP contribution in [0.25, 0.3) is 11.3 Å². The second-order valence-electron chi connectivity index (χ2n) is 8.39. The van der Waals surface area contributed by atoms with Crippen molar-refractivity contribution in [2.75, 3.05) is 25.5 Å². The van der Waals surface area contributed by atoms with Gasteiger partial charge in [-0.25, -0.2) is 14.4 Å². The number of rotatable bonds is 8. The Balaban J connectivity index is 1.60. The molecule has 1 atom stereocenters. The Morgan fingerprint density at radius 3 is 2.23 bits per heavy atom. The smallest absolute Gasteiger partial charge is 0.257 e. The molecule has 4 rings (SSSR count). The first-order chi connectivity index (χ1) is 16.9. The molecule has 0 saturated heterocycles. The summed E-state index contributed by atoms with van der Waals surface area (Å²) in [6.45, 7) is 0.653. The maximum absolute atomic E-state index is 13.4. The Labute approximate surface area is 204 Å². The van der Waals surface area contributed by atoms with E-state index in [0.717, 1.165) is 11.1 Å². The van der Waals surface area contributed by atoms with Crippen molar-refractivity contribution in [1.29, 1.82) is 0 Å². The lowest BCUT2D eigenvalue weighted by molar-refractivity contribution is 0.0681. The highest BCUT2D eigenvalue weighted by Gasteiger charge is 2.22. The summed E-state index contributed by atoms with van der Waals surface area (Å²) in [5, 5.41) is 10.6. The molecule has 0 radical (unpaired) electrons. The Morgan fingerprint density at radius 2 is 1.57 bits per heavy atom.